The second kappa shape index (κ2) is 8.93. The van der Waals surface area contributed by atoms with Crippen molar-refractivity contribution < 1.29 is 14.6 Å². The molecule has 3 nitrogen and oxygen atoms in total. The normalized spacial score (nSPS) is 44.7. The summed E-state index contributed by atoms with van der Waals surface area (Å²) in [5.74, 6) is 3.11. The van der Waals surface area contributed by atoms with Crippen LogP contribution in [0.4, 0.5) is 0 Å². The zero-order valence-corrected chi connectivity index (χ0v) is 23.4. The zero-order valence-electron chi connectivity index (χ0n) is 23.4. The SMILES string of the molecule is CC(=O)O[C@](C)(CCC=C(C)C)[C@H]1CC[C@@H]2[C@@H]1CC[C@@H]1[C@]3(C)CC[C@@H](O)C(C)(C)[C@@H]3CC[C@]12C. The van der Waals surface area contributed by atoms with E-state index in [0.717, 1.165) is 31.1 Å². The molecule has 0 aromatic carbocycles. The second-order valence-electron chi connectivity index (χ2n) is 14.3. The van der Waals surface area contributed by atoms with E-state index >= 15 is 0 Å². The van der Waals surface area contributed by atoms with Crippen molar-refractivity contribution in [2.75, 3.05) is 0 Å². The summed E-state index contributed by atoms with van der Waals surface area (Å²) in [7, 11) is 0. The van der Waals surface area contributed by atoms with Crippen molar-refractivity contribution >= 4 is 5.97 Å². The highest BCUT2D eigenvalue weighted by Gasteiger charge is 2.65. The lowest BCUT2D eigenvalue weighted by Gasteiger charge is -2.67. The van der Waals surface area contributed by atoms with Gasteiger partial charge in [-0.05, 0) is 125 Å². The van der Waals surface area contributed by atoms with E-state index in [9.17, 15) is 9.90 Å². The lowest BCUT2D eigenvalue weighted by Crippen LogP contribution is -2.61. The molecule has 0 spiro atoms. The number of allylic oxidation sites excluding steroid dienone is 2. The first-order valence-corrected chi connectivity index (χ1v) is 14.3. The van der Waals surface area contributed by atoms with Crippen LogP contribution in [-0.4, -0.2) is 22.8 Å². The predicted molar refractivity (Wildman–Crippen MR) is 139 cm³/mol. The minimum atomic E-state index is -0.363. The number of esters is 1. The van der Waals surface area contributed by atoms with Gasteiger partial charge >= 0.3 is 5.97 Å². The van der Waals surface area contributed by atoms with Gasteiger partial charge in [0.15, 0.2) is 0 Å². The first kappa shape index (κ1) is 26.2. The van der Waals surface area contributed by atoms with Crippen LogP contribution in [0.5, 0.6) is 0 Å². The summed E-state index contributed by atoms with van der Waals surface area (Å²) in [6.45, 7) is 18.0. The summed E-state index contributed by atoms with van der Waals surface area (Å²) in [6.07, 6.45) is 13.8. The maximum Gasteiger partial charge on any atom is 0.303 e. The minimum Gasteiger partial charge on any atom is -0.459 e. The molecule has 0 radical (unpaired) electrons. The van der Waals surface area contributed by atoms with Crippen LogP contribution in [0.3, 0.4) is 0 Å². The molecular weight excluding hydrogens is 420 g/mol. The van der Waals surface area contributed by atoms with Crippen molar-refractivity contribution in [3.63, 3.8) is 0 Å². The van der Waals surface area contributed by atoms with Crippen LogP contribution in [0.15, 0.2) is 11.6 Å². The Hall–Kier alpha value is -0.830. The van der Waals surface area contributed by atoms with Crippen molar-refractivity contribution in [2.45, 2.75) is 131 Å². The molecular formula is C31H52O3. The fraction of sp³-hybridized carbons (Fsp3) is 0.903. The van der Waals surface area contributed by atoms with Gasteiger partial charge in [-0.2, -0.15) is 0 Å². The smallest absolute Gasteiger partial charge is 0.303 e. The predicted octanol–water partition coefficient (Wildman–Crippen LogP) is 7.71. The lowest BCUT2D eigenvalue weighted by atomic mass is 9.38. The molecule has 3 heteroatoms. The standard InChI is InChI=1S/C31H52O3/c1-20(2)10-9-17-31(8,34-21(3)32)24-13-12-23-22(24)11-14-26-29(23,6)18-15-25-28(4,5)27(33)16-19-30(25,26)7/h10,22-27,33H,9,11-19H2,1-8H3/t22-,23+,24-,25-,26-,27+,29-,30+,31+/m0/s1. The average molecular weight is 473 g/mol. The van der Waals surface area contributed by atoms with Gasteiger partial charge < -0.3 is 9.84 Å². The highest BCUT2D eigenvalue weighted by atomic mass is 16.6. The molecule has 0 bridgehead atoms. The Morgan fingerprint density at radius 2 is 1.62 bits per heavy atom. The molecule has 0 aliphatic heterocycles. The number of fused-ring (bicyclic) bond motifs is 5. The average Bonchev–Trinajstić information content (AvgIpc) is 3.16. The van der Waals surface area contributed by atoms with Crippen LogP contribution in [0, 0.1) is 45.8 Å². The molecule has 0 aromatic heterocycles. The monoisotopic (exact) mass is 472 g/mol. The van der Waals surface area contributed by atoms with E-state index in [2.05, 4.69) is 54.5 Å². The molecule has 0 saturated heterocycles. The summed E-state index contributed by atoms with van der Waals surface area (Å²) >= 11 is 0. The molecule has 0 heterocycles. The van der Waals surface area contributed by atoms with Gasteiger partial charge in [0, 0.05) is 12.8 Å². The van der Waals surface area contributed by atoms with E-state index in [1.54, 1.807) is 6.92 Å². The first-order valence-electron chi connectivity index (χ1n) is 14.3. The van der Waals surface area contributed by atoms with Crippen LogP contribution >= 0.6 is 0 Å². The molecule has 9 atom stereocenters. The summed E-state index contributed by atoms with van der Waals surface area (Å²) in [4.78, 5) is 12.2. The van der Waals surface area contributed by atoms with Gasteiger partial charge in [0.25, 0.3) is 0 Å². The third-order valence-corrected chi connectivity index (χ3v) is 11.9. The van der Waals surface area contributed by atoms with Gasteiger partial charge in [0.2, 0.25) is 0 Å². The Labute approximate surface area is 209 Å². The molecule has 4 fully saturated rings. The number of hydrogen-bond donors (Lipinski definition) is 1. The molecule has 4 saturated carbocycles. The van der Waals surface area contributed by atoms with Crippen molar-refractivity contribution in [2.24, 2.45) is 45.8 Å². The van der Waals surface area contributed by atoms with Gasteiger partial charge in [-0.1, -0.05) is 39.3 Å². The molecule has 4 aliphatic rings. The quantitative estimate of drug-likeness (QED) is 0.329. The van der Waals surface area contributed by atoms with Crippen LogP contribution < -0.4 is 0 Å². The number of ether oxygens (including phenoxy) is 1. The van der Waals surface area contributed by atoms with Crippen molar-refractivity contribution in [1.82, 2.24) is 0 Å². The van der Waals surface area contributed by atoms with Crippen molar-refractivity contribution in [3.8, 4) is 0 Å². The van der Waals surface area contributed by atoms with Crippen molar-refractivity contribution in [1.29, 1.82) is 0 Å². The number of hydrogen-bond acceptors (Lipinski definition) is 3. The van der Waals surface area contributed by atoms with E-state index < -0.39 is 0 Å². The van der Waals surface area contributed by atoms with Crippen LogP contribution in [0.1, 0.15) is 120 Å². The van der Waals surface area contributed by atoms with Gasteiger partial charge in [0.1, 0.15) is 5.60 Å². The Bertz CT molecular complexity index is 809. The third-order valence-electron chi connectivity index (χ3n) is 11.9. The van der Waals surface area contributed by atoms with E-state index in [0.29, 0.717) is 28.6 Å². The van der Waals surface area contributed by atoms with Crippen LogP contribution in [0.2, 0.25) is 0 Å². The van der Waals surface area contributed by atoms with Gasteiger partial charge in [-0.25, -0.2) is 0 Å². The van der Waals surface area contributed by atoms with Gasteiger partial charge in [-0.15, -0.1) is 0 Å². The topological polar surface area (TPSA) is 46.5 Å². The lowest BCUT2D eigenvalue weighted by molar-refractivity contribution is -0.203. The van der Waals surface area contributed by atoms with E-state index in [-0.39, 0.29) is 23.1 Å². The Balaban J connectivity index is 1.60. The maximum absolute atomic E-state index is 12.2. The van der Waals surface area contributed by atoms with E-state index in [1.807, 2.05) is 0 Å². The summed E-state index contributed by atoms with van der Waals surface area (Å²) in [6, 6.07) is 0. The highest BCUT2D eigenvalue weighted by molar-refractivity contribution is 5.66. The molecule has 0 amide bonds. The van der Waals surface area contributed by atoms with Gasteiger partial charge in [0.05, 0.1) is 6.10 Å². The van der Waals surface area contributed by atoms with E-state index in [1.165, 1.54) is 50.5 Å². The summed E-state index contributed by atoms with van der Waals surface area (Å²) < 4.78 is 6.17. The summed E-state index contributed by atoms with van der Waals surface area (Å²) in [5, 5.41) is 10.9. The number of aliphatic hydroxyl groups is 1. The maximum atomic E-state index is 12.2. The number of aliphatic hydroxyl groups excluding tert-OH is 1. The minimum absolute atomic E-state index is 0.0161. The van der Waals surface area contributed by atoms with Crippen LogP contribution in [0.25, 0.3) is 0 Å². The Morgan fingerprint density at radius 1 is 0.941 bits per heavy atom. The number of rotatable bonds is 5. The molecule has 0 aromatic rings. The molecule has 4 aliphatic carbocycles. The second-order valence-corrected chi connectivity index (χ2v) is 14.3. The van der Waals surface area contributed by atoms with E-state index in [4.69, 9.17) is 4.74 Å². The molecule has 4 rings (SSSR count). The van der Waals surface area contributed by atoms with Crippen LogP contribution in [-0.2, 0) is 9.53 Å². The first-order chi connectivity index (χ1) is 15.8. The fourth-order valence-corrected chi connectivity index (χ4v) is 10.4. The molecule has 1 N–H and O–H groups in total. The fourth-order valence-electron chi connectivity index (χ4n) is 10.4. The zero-order chi connectivity index (χ0) is 25.1. The third kappa shape index (κ3) is 4.10. The summed E-state index contributed by atoms with van der Waals surface area (Å²) in [5.41, 5.74) is 1.70. The number of carbonyl (C=O) groups excluding carboxylic acids is 1. The number of carbonyl (C=O) groups is 1. The molecule has 194 valence electrons. The Kier molecular flexibility index (Phi) is 6.89. The van der Waals surface area contributed by atoms with Crippen molar-refractivity contribution in [3.05, 3.63) is 11.6 Å². The largest absolute Gasteiger partial charge is 0.459 e. The molecule has 0 unspecified atom stereocenters. The van der Waals surface area contributed by atoms with Gasteiger partial charge in [-0.3, -0.25) is 4.79 Å². The highest BCUT2D eigenvalue weighted by Crippen LogP contribution is 2.72. The Morgan fingerprint density at radius 3 is 2.26 bits per heavy atom. The molecule has 34 heavy (non-hydrogen) atoms.